The van der Waals surface area contributed by atoms with Crippen molar-refractivity contribution in [2.75, 3.05) is 48.8 Å². The Hall–Kier alpha value is -1.03. The van der Waals surface area contributed by atoms with Gasteiger partial charge in [-0.05, 0) is 14.1 Å². The Labute approximate surface area is 87.5 Å². The van der Waals surface area contributed by atoms with Gasteiger partial charge in [-0.15, -0.1) is 0 Å². The average Bonchev–Trinajstić information content (AvgIpc) is 1.97. The molecule has 82 valence electrons. The van der Waals surface area contributed by atoms with Crippen LogP contribution in [0.3, 0.4) is 0 Å². The van der Waals surface area contributed by atoms with Crippen molar-refractivity contribution in [2.45, 2.75) is 0 Å². The van der Waals surface area contributed by atoms with Crippen LogP contribution in [0.25, 0.3) is 0 Å². The van der Waals surface area contributed by atoms with Crippen LogP contribution in [0.5, 0.6) is 0 Å². The van der Waals surface area contributed by atoms with Crippen LogP contribution >= 0.6 is 0 Å². The van der Waals surface area contributed by atoms with Crippen LogP contribution in [0, 0.1) is 0 Å². The summed E-state index contributed by atoms with van der Waals surface area (Å²) >= 11 is 0. The minimum atomic E-state index is 0.850. The Bertz CT molecular complexity index is 204. The van der Waals surface area contributed by atoms with E-state index in [1.807, 2.05) is 64.6 Å². The summed E-state index contributed by atoms with van der Waals surface area (Å²) in [5, 5.41) is 0. The van der Waals surface area contributed by atoms with Gasteiger partial charge in [0.25, 0.3) is 0 Å². The summed E-state index contributed by atoms with van der Waals surface area (Å²) in [5.41, 5.74) is 1.05. The van der Waals surface area contributed by atoms with Crippen molar-refractivity contribution < 1.29 is 0 Å². The summed E-state index contributed by atoms with van der Waals surface area (Å²) in [7, 11) is 12.0. The minimum absolute atomic E-state index is 0.850. The highest BCUT2D eigenvalue weighted by Crippen LogP contribution is 1.98. The average molecular weight is 198 g/mol. The van der Waals surface area contributed by atoms with Gasteiger partial charge in [-0.2, -0.15) is 0 Å². The Morgan fingerprint density at radius 3 is 1.93 bits per heavy atom. The normalized spacial score (nSPS) is 12.6. The molecule has 0 fully saturated rings. The van der Waals surface area contributed by atoms with Crippen LogP contribution < -0.4 is 0 Å². The Morgan fingerprint density at radius 2 is 1.57 bits per heavy atom. The van der Waals surface area contributed by atoms with Gasteiger partial charge in [0.15, 0.2) is 0 Å². The maximum Gasteiger partial charge on any atom is 0.0904 e. The highest BCUT2D eigenvalue weighted by Gasteiger charge is 1.97. The molecule has 0 unspecified atom stereocenters. The van der Waals surface area contributed by atoms with Crippen LogP contribution in [0.15, 0.2) is 16.9 Å². The van der Waals surface area contributed by atoms with Crippen molar-refractivity contribution >= 4 is 6.34 Å². The summed E-state index contributed by atoms with van der Waals surface area (Å²) in [6.45, 7) is 0.850. The molecule has 0 radical (unpaired) electrons. The third-order valence-corrected chi connectivity index (χ3v) is 1.34. The monoisotopic (exact) mass is 198 g/mol. The molecule has 0 amide bonds. The zero-order valence-electron chi connectivity index (χ0n) is 10.2. The second-order valence-electron chi connectivity index (χ2n) is 4.03. The van der Waals surface area contributed by atoms with Crippen molar-refractivity contribution in [3.8, 4) is 0 Å². The van der Waals surface area contributed by atoms with Crippen molar-refractivity contribution in [3.63, 3.8) is 0 Å². The van der Waals surface area contributed by atoms with Crippen LogP contribution in [0.4, 0.5) is 0 Å². The molecule has 0 aromatic carbocycles. The van der Waals surface area contributed by atoms with Gasteiger partial charge in [0.2, 0.25) is 0 Å². The molecule has 0 heterocycles. The Morgan fingerprint density at radius 1 is 1.00 bits per heavy atom. The van der Waals surface area contributed by atoms with Gasteiger partial charge in [0, 0.05) is 40.9 Å². The number of hydrogen-bond donors (Lipinski definition) is 0. The zero-order valence-corrected chi connectivity index (χ0v) is 10.2. The SMILES string of the molecule is CN(C)C=N/C(=C\N(C)C)CN(C)C. The first-order valence-electron chi connectivity index (χ1n) is 4.64. The molecule has 4 nitrogen and oxygen atoms in total. The number of likely N-dealkylation sites (N-methyl/N-ethyl adjacent to an activating group) is 1. The lowest BCUT2D eigenvalue weighted by molar-refractivity contribution is 0.436. The van der Waals surface area contributed by atoms with Gasteiger partial charge in [-0.1, -0.05) is 0 Å². The molecular formula is C10H22N4. The Balaban J connectivity index is 4.40. The van der Waals surface area contributed by atoms with Crippen molar-refractivity contribution in [2.24, 2.45) is 4.99 Å². The predicted molar refractivity (Wildman–Crippen MR) is 62.5 cm³/mol. The molecule has 0 N–H and O–H groups in total. The Kier molecular flexibility index (Phi) is 5.95. The molecular weight excluding hydrogens is 176 g/mol. The fourth-order valence-electron chi connectivity index (χ4n) is 0.927. The molecule has 0 bridgehead atoms. The van der Waals surface area contributed by atoms with E-state index in [-0.39, 0.29) is 0 Å². The summed E-state index contributed by atoms with van der Waals surface area (Å²) < 4.78 is 0. The third-order valence-electron chi connectivity index (χ3n) is 1.34. The maximum atomic E-state index is 4.38. The first kappa shape index (κ1) is 13.0. The summed E-state index contributed by atoms with van der Waals surface area (Å²) in [5.74, 6) is 0. The first-order chi connectivity index (χ1) is 6.41. The molecule has 0 atom stereocenters. The lowest BCUT2D eigenvalue weighted by atomic mass is 10.4. The molecule has 14 heavy (non-hydrogen) atoms. The predicted octanol–water partition coefficient (Wildman–Crippen LogP) is 0.541. The molecule has 0 rings (SSSR count). The highest BCUT2D eigenvalue weighted by molar-refractivity contribution is 5.55. The van der Waals surface area contributed by atoms with Crippen LogP contribution in [-0.4, -0.2) is 69.9 Å². The topological polar surface area (TPSA) is 22.1 Å². The number of aliphatic imine (C=N–C) groups is 1. The summed E-state index contributed by atoms with van der Waals surface area (Å²) in [4.78, 5) is 10.4. The summed E-state index contributed by atoms with van der Waals surface area (Å²) in [6, 6.07) is 0. The molecule has 0 aromatic rings. The van der Waals surface area contributed by atoms with E-state index in [0.29, 0.717) is 0 Å². The van der Waals surface area contributed by atoms with Crippen LogP contribution in [0.2, 0.25) is 0 Å². The summed E-state index contributed by atoms with van der Waals surface area (Å²) in [6.07, 6.45) is 3.85. The van der Waals surface area contributed by atoms with Gasteiger partial charge in [-0.3, -0.25) is 0 Å². The second kappa shape index (κ2) is 6.43. The van der Waals surface area contributed by atoms with Crippen molar-refractivity contribution in [1.29, 1.82) is 0 Å². The fraction of sp³-hybridized carbons (Fsp3) is 0.700. The van der Waals surface area contributed by atoms with Gasteiger partial charge in [0.05, 0.1) is 12.0 Å². The second-order valence-corrected chi connectivity index (χ2v) is 4.03. The highest BCUT2D eigenvalue weighted by atomic mass is 15.1. The van der Waals surface area contributed by atoms with Crippen LogP contribution in [-0.2, 0) is 0 Å². The van der Waals surface area contributed by atoms with Gasteiger partial charge >= 0.3 is 0 Å². The van der Waals surface area contributed by atoms with E-state index < -0.39 is 0 Å². The van der Waals surface area contributed by atoms with Gasteiger partial charge in [0.1, 0.15) is 0 Å². The van der Waals surface area contributed by atoms with Crippen molar-refractivity contribution in [3.05, 3.63) is 11.9 Å². The van der Waals surface area contributed by atoms with Gasteiger partial charge < -0.3 is 14.7 Å². The minimum Gasteiger partial charge on any atom is -0.382 e. The van der Waals surface area contributed by atoms with E-state index in [0.717, 1.165) is 12.2 Å². The van der Waals surface area contributed by atoms with Crippen LogP contribution in [0.1, 0.15) is 0 Å². The molecule has 0 saturated carbocycles. The number of rotatable bonds is 5. The molecule has 0 aliphatic rings. The molecule has 0 spiro atoms. The number of hydrogen-bond acceptors (Lipinski definition) is 3. The van der Waals surface area contributed by atoms with E-state index >= 15 is 0 Å². The lowest BCUT2D eigenvalue weighted by Crippen LogP contribution is -2.17. The standard InChI is InChI=1S/C10H22N4/c1-12(2)7-10(8-13(3)4)11-9-14(5)6/h7,9H,8H2,1-6H3/b10-7-,11-9?. The largest absolute Gasteiger partial charge is 0.382 e. The molecule has 0 aromatic heterocycles. The first-order valence-corrected chi connectivity index (χ1v) is 4.64. The lowest BCUT2D eigenvalue weighted by Gasteiger charge is -2.13. The molecule has 0 aliphatic heterocycles. The number of nitrogens with zero attached hydrogens (tertiary/aromatic N) is 4. The maximum absolute atomic E-state index is 4.38. The van der Waals surface area contributed by atoms with E-state index in [4.69, 9.17) is 0 Å². The third kappa shape index (κ3) is 7.61. The quantitative estimate of drug-likeness (QED) is 0.475. The van der Waals surface area contributed by atoms with Crippen molar-refractivity contribution in [1.82, 2.24) is 14.7 Å². The van der Waals surface area contributed by atoms with E-state index in [9.17, 15) is 0 Å². The van der Waals surface area contributed by atoms with E-state index in [1.165, 1.54) is 0 Å². The zero-order chi connectivity index (χ0) is 11.1. The van der Waals surface area contributed by atoms with E-state index in [1.54, 1.807) is 0 Å². The van der Waals surface area contributed by atoms with E-state index in [2.05, 4.69) is 9.89 Å². The molecule has 0 saturated heterocycles. The molecule has 0 aliphatic carbocycles. The van der Waals surface area contributed by atoms with Gasteiger partial charge in [-0.25, -0.2) is 4.99 Å². The fourth-order valence-corrected chi connectivity index (χ4v) is 0.927. The molecule has 4 heteroatoms. The smallest absolute Gasteiger partial charge is 0.0904 e.